The van der Waals surface area contributed by atoms with Crippen molar-refractivity contribution in [3.63, 3.8) is 0 Å². The lowest BCUT2D eigenvalue weighted by Gasteiger charge is -2.44. The number of rotatable bonds is 6. The predicted molar refractivity (Wildman–Crippen MR) is 126 cm³/mol. The van der Waals surface area contributed by atoms with Crippen LogP contribution in [0.25, 0.3) is 0 Å². The number of likely N-dealkylation sites (N-methyl/N-ethyl adjacent to an activating group) is 1. The van der Waals surface area contributed by atoms with Crippen molar-refractivity contribution in [1.29, 1.82) is 0 Å². The number of hydrogen-bond donors (Lipinski definition) is 1. The molecule has 3 atom stereocenters. The minimum atomic E-state index is -0.390. The smallest absolute Gasteiger partial charge is 0.327 e. The standard InChI is InChI=1S/C25H31N5O3/c1-3-33-20-12-10-19(11-13-20)28-15-7-16-29-21-22(26-24(28)29)27(2)25(32)30(23(21)31)17-14-18-8-5-4-6-9-18/h4-6,8-13,21-22,24,26H,3,7,14-17H2,1-2H3. The van der Waals surface area contributed by atoms with Crippen molar-refractivity contribution in [3.8, 4) is 5.75 Å². The minimum absolute atomic E-state index is 0.109. The quantitative estimate of drug-likeness (QED) is 0.730. The molecule has 0 aromatic heterocycles. The summed E-state index contributed by atoms with van der Waals surface area (Å²) in [6, 6.07) is 17.4. The second kappa shape index (κ2) is 9.03. The predicted octanol–water partition coefficient (Wildman–Crippen LogP) is 2.32. The number of anilines is 1. The van der Waals surface area contributed by atoms with E-state index in [4.69, 9.17) is 4.74 Å². The van der Waals surface area contributed by atoms with Crippen LogP contribution in [-0.2, 0) is 11.2 Å². The number of hydrogen-bond acceptors (Lipinski definition) is 6. The summed E-state index contributed by atoms with van der Waals surface area (Å²) in [5.74, 6) is 0.736. The molecular formula is C25H31N5O3. The molecule has 3 fully saturated rings. The van der Waals surface area contributed by atoms with Gasteiger partial charge in [-0.2, -0.15) is 0 Å². The Hall–Kier alpha value is -3.10. The van der Waals surface area contributed by atoms with Gasteiger partial charge in [-0.3, -0.25) is 19.9 Å². The molecule has 2 aromatic rings. The van der Waals surface area contributed by atoms with E-state index in [0.29, 0.717) is 19.6 Å². The van der Waals surface area contributed by atoms with Crippen LogP contribution in [0.2, 0.25) is 0 Å². The largest absolute Gasteiger partial charge is 0.494 e. The molecule has 8 heteroatoms. The highest BCUT2D eigenvalue weighted by molar-refractivity contribution is 6.00. The number of imide groups is 1. The Morgan fingerprint density at radius 1 is 1.03 bits per heavy atom. The molecule has 2 aromatic carbocycles. The van der Waals surface area contributed by atoms with Gasteiger partial charge in [-0.25, -0.2) is 4.79 Å². The van der Waals surface area contributed by atoms with E-state index in [1.54, 1.807) is 11.9 Å². The van der Waals surface area contributed by atoms with E-state index in [1.807, 2.05) is 49.4 Å². The second-order valence-corrected chi connectivity index (χ2v) is 8.76. The number of ether oxygens (including phenoxy) is 1. The van der Waals surface area contributed by atoms with Crippen LogP contribution in [0.5, 0.6) is 5.75 Å². The van der Waals surface area contributed by atoms with E-state index in [0.717, 1.165) is 36.5 Å². The number of amides is 3. The molecule has 3 unspecified atom stereocenters. The van der Waals surface area contributed by atoms with E-state index in [9.17, 15) is 9.59 Å². The normalized spacial score (nSPS) is 25.3. The number of fused-ring (bicyclic) bond motifs is 3. The third-order valence-electron chi connectivity index (χ3n) is 6.82. The molecule has 0 saturated carbocycles. The van der Waals surface area contributed by atoms with E-state index in [1.165, 1.54) is 4.90 Å². The van der Waals surface area contributed by atoms with Crippen molar-refractivity contribution in [1.82, 2.24) is 20.0 Å². The number of carbonyl (C=O) groups is 2. The molecule has 33 heavy (non-hydrogen) atoms. The van der Waals surface area contributed by atoms with Crippen molar-refractivity contribution in [2.75, 3.05) is 38.2 Å². The van der Waals surface area contributed by atoms with Gasteiger partial charge in [-0.05, 0) is 49.6 Å². The van der Waals surface area contributed by atoms with Gasteiger partial charge < -0.3 is 14.5 Å². The van der Waals surface area contributed by atoms with Gasteiger partial charge in [0.2, 0.25) is 0 Å². The van der Waals surface area contributed by atoms with Crippen LogP contribution in [0.1, 0.15) is 18.9 Å². The van der Waals surface area contributed by atoms with E-state index in [-0.39, 0.29) is 30.4 Å². The Balaban J connectivity index is 1.35. The maximum absolute atomic E-state index is 13.6. The summed E-state index contributed by atoms with van der Waals surface area (Å²) in [6.45, 7) is 4.68. The van der Waals surface area contributed by atoms with Crippen molar-refractivity contribution >= 4 is 17.6 Å². The number of nitrogens with one attached hydrogen (secondary N) is 1. The Morgan fingerprint density at radius 2 is 1.79 bits per heavy atom. The highest BCUT2D eigenvalue weighted by Gasteiger charge is 2.55. The molecule has 3 aliphatic heterocycles. The maximum Gasteiger partial charge on any atom is 0.327 e. The number of urea groups is 1. The number of carbonyl (C=O) groups excluding carboxylic acids is 2. The lowest BCUT2D eigenvalue weighted by atomic mass is 10.1. The molecule has 0 bridgehead atoms. The lowest BCUT2D eigenvalue weighted by molar-refractivity contribution is -0.138. The van der Waals surface area contributed by atoms with E-state index >= 15 is 0 Å². The molecule has 8 nitrogen and oxygen atoms in total. The summed E-state index contributed by atoms with van der Waals surface area (Å²) in [5.41, 5.74) is 2.19. The van der Waals surface area contributed by atoms with Gasteiger partial charge in [0.15, 0.2) is 0 Å². The zero-order valence-corrected chi connectivity index (χ0v) is 19.2. The molecule has 1 N–H and O–H groups in total. The van der Waals surface area contributed by atoms with Crippen molar-refractivity contribution in [2.24, 2.45) is 0 Å². The van der Waals surface area contributed by atoms with E-state index in [2.05, 4.69) is 27.2 Å². The van der Waals surface area contributed by atoms with Crippen LogP contribution in [0.3, 0.4) is 0 Å². The van der Waals surface area contributed by atoms with Gasteiger partial charge in [-0.15, -0.1) is 0 Å². The number of nitrogens with zero attached hydrogens (tertiary/aromatic N) is 4. The third kappa shape index (κ3) is 3.94. The summed E-state index contributed by atoms with van der Waals surface area (Å²) >= 11 is 0. The molecular weight excluding hydrogens is 418 g/mol. The molecule has 174 valence electrons. The monoisotopic (exact) mass is 449 g/mol. The van der Waals surface area contributed by atoms with Crippen LogP contribution < -0.4 is 15.0 Å². The average molecular weight is 450 g/mol. The third-order valence-corrected chi connectivity index (χ3v) is 6.82. The van der Waals surface area contributed by atoms with Crippen LogP contribution in [0.4, 0.5) is 10.5 Å². The molecule has 0 spiro atoms. The van der Waals surface area contributed by atoms with Gasteiger partial charge in [-0.1, -0.05) is 30.3 Å². The van der Waals surface area contributed by atoms with E-state index < -0.39 is 0 Å². The highest BCUT2D eigenvalue weighted by Crippen LogP contribution is 2.33. The van der Waals surface area contributed by atoms with Crippen LogP contribution in [0.15, 0.2) is 54.6 Å². The SMILES string of the molecule is CCOc1ccc(N2CCCN3C4C(=O)N(CCc5ccccc5)C(=O)N(C)C4NC23)cc1. The molecule has 0 radical (unpaired) electrons. The summed E-state index contributed by atoms with van der Waals surface area (Å²) < 4.78 is 5.58. The van der Waals surface area contributed by atoms with Gasteiger partial charge in [0.05, 0.1) is 6.61 Å². The van der Waals surface area contributed by atoms with Crippen LogP contribution in [-0.4, -0.2) is 78.4 Å². The van der Waals surface area contributed by atoms with Crippen molar-refractivity contribution in [2.45, 2.75) is 38.3 Å². The van der Waals surface area contributed by atoms with Crippen LogP contribution >= 0.6 is 0 Å². The van der Waals surface area contributed by atoms with Gasteiger partial charge in [0.25, 0.3) is 5.91 Å². The Kier molecular flexibility index (Phi) is 5.95. The van der Waals surface area contributed by atoms with Crippen molar-refractivity contribution < 1.29 is 14.3 Å². The molecule has 0 aliphatic carbocycles. The average Bonchev–Trinajstić information content (AvgIpc) is 3.24. The zero-order valence-electron chi connectivity index (χ0n) is 19.2. The van der Waals surface area contributed by atoms with Gasteiger partial charge in [0, 0.05) is 32.4 Å². The Morgan fingerprint density at radius 3 is 2.52 bits per heavy atom. The highest BCUT2D eigenvalue weighted by atomic mass is 16.5. The fourth-order valence-electron chi connectivity index (χ4n) is 5.18. The molecule has 3 heterocycles. The maximum atomic E-state index is 13.6. The molecule has 3 aliphatic rings. The summed E-state index contributed by atoms with van der Waals surface area (Å²) in [7, 11) is 1.79. The minimum Gasteiger partial charge on any atom is -0.494 e. The molecule has 3 saturated heterocycles. The van der Waals surface area contributed by atoms with Crippen molar-refractivity contribution in [3.05, 3.63) is 60.2 Å². The first-order valence-corrected chi connectivity index (χ1v) is 11.7. The van der Waals surface area contributed by atoms with Gasteiger partial charge >= 0.3 is 6.03 Å². The first-order chi connectivity index (χ1) is 16.1. The fraction of sp³-hybridized carbons (Fsp3) is 0.440. The summed E-state index contributed by atoms with van der Waals surface area (Å²) in [4.78, 5) is 34.3. The Bertz CT molecular complexity index is 999. The van der Waals surface area contributed by atoms with Gasteiger partial charge in [0.1, 0.15) is 24.2 Å². The summed E-state index contributed by atoms with van der Waals surface area (Å²) in [6.07, 6.45) is 1.12. The fourth-order valence-corrected chi connectivity index (χ4v) is 5.18. The first-order valence-electron chi connectivity index (χ1n) is 11.7. The lowest BCUT2D eigenvalue weighted by Crippen LogP contribution is -2.66. The molecule has 5 rings (SSSR count). The Labute approximate surface area is 194 Å². The summed E-state index contributed by atoms with van der Waals surface area (Å²) in [5, 5.41) is 3.57. The second-order valence-electron chi connectivity index (χ2n) is 8.76. The number of benzene rings is 2. The molecule has 3 amide bonds. The zero-order chi connectivity index (χ0) is 22.9. The topological polar surface area (TPSA) is 68.4 Å². The first kappa shape index (κ1) is 21.7. The van der Waals surface area contributed by atoms with Crippen LogP contribution in [0, 0.1) is 0 Å².